The molecule has 1 aromatic carbocycles. The van der Waals surface area contributed by atoms with Crippen LogP contribution >= 0.6 is 11.6 Å². The Morgan fingerprint density at radius 3 is 2.82 bits per heavy atom. The Hall–Kier alpha value is -1.81. The van der Waals surface area contributed by atoms with E-state index >= 15 is 0 Å². The summed E-state index contributed by atoms with van der Waals surface area (Å²) in [6, 6.07) is 5.84. The topological polar surface area (TPSA) is 50.9 Å². The molecule has 17 heavy (non-hydrogen) atoms. The Bertz CT molecular complexity index is 557. The molecule has 0 aliphatic rings. The van der Waals surface area contributed by atoms with Crippen molar-refractivity contribution >= 4 is 28.8 Å². The van der Waals surface area contributed by atoms with Crippen LogP contribution in [-0.4, -0.2) is 4.98 Å². The van der Waals surface area contributed by atoms with Crippen LogP contribution in [0.2, 0.25) is 5.02 Å². The fourth-order valence-electron chi connectivity index (χ4n) is 1.42. The number of aromatic nitrogens is 1. The number of anilines is 3. The van der Waals surface area contributed by atoms with E-state index in [1.165, 1.54) is 18.2 Å². The van der Waals surface area contributed by atoms with Gasteiger partial charge < -0.3 is 11.1 Å². The molecule has 0 unspecified atom stereocenters. The van der Waals surface area contributed by atoms with E-state index in [9.17, 15) is 4.39 Å². The number of hydrogen-bond acceptors (Lipinski definition) is 3. The van der Waals surface area contributed by atoms with Crippen LogP contribution in [0.15, 0.2) is 30.5 Å². The summed E-state index contributed by atoms with van der Waals surface area (Å²) in [7, 11) is 0. The number of halogens is 2. The number of aryl methyl sites for hydroxylation is 1. The molecule has 2 aromatic rings. The molecule has 3 N–H and O–H groups in total. The summed E-state index contributed by atoms with van der Waals surface area (Å²) in [5, 5.41) is 3.31. The van der Waals surface area contributed by atoms with E-state index in [2.05, 4.69) is 10.3 Å². The Morgan fingerprint density at radius 2 is 2.12 bits per heavy atom. The summed E-state index contributed by atoms with van der Waals surface area (Å²) in [5.74, 6) is 0.0886. The van der Waals surface area contributed by atoms with Gasteiger partial charge in [0.1, 0.15) is 5.82 Å². The zero-order valence-electron chi connectivity index (χ0n) is 9.17. The standard InChI is InChI=1S/C12H11ClFN3/c1-7-4-10(15)12(16-6-7)17-11-5-8(14)2-3-9(11)13/h2-6H,15H2,1H3,(H,16,17). The molecule has 2 rings (SSSR count). The van der Waals surface area contributed by atoms with Gasteiger partial charge in [0.15, 0.2) is 5.82 Å². The van der Waals surface area contributed by atoms with Gasteiger partial charge >= 0.3 is 0 Å². The van der Waals surface area contributed by atoms with Gasteiger partial charge in [0.05, 0.1) is 16.4 Å². The maximum Gasteiger partial charge on any atom is 0.153 e. The second-order valence-corrected chi connectivity index (χ2v) is 4.11. The molecule has 0 saturated carbocycles. The maximum atomic E-state index is 13.1. The highest BCUT2D eigenvalue weighted by Crippen LogP contribution is 2.27. The molecule has 0 spiro atoms. The van der Waals surface area contributed by atoms with Crippen LogP contribution in [0.3, 0.4) is 0 Å². The van der Waals surface area contributed by atoms with Crippen LogP contribution in [0, 0.1) is 12.7 Å². The van der Waals surface area contributed by atoms with E-state index in [1.54, 1.807) is 12.3 Å². The van der Waals surface area contributed by atoms with Crippen LogP contribution in [0.4, 0.5) is 21.6 Å². The van der Waals surface area contributed by atoms with Gasteiger partial charge in [-0.15, -0.1) is 0 Å². The molecule has 0 saturated heterocycles. The first-order valence-electron chi connectivity index (χ1n) is 5.00. The average molecular weight is 252 g/mol. The van der Waals surface area contributed by atoms with Gasteiger partial charge in [-0.2, -0.15) is 0 Å². The molecule has 0 atom stereocenters. The normalized spacial score (nSPS) is 10.3. The van der Waals surface area contributed by atoms with Crippen LogP contribution in [0.25, 0.3) is 0 Å². The van der Waals surface area contributed by atoms with E-state index in [4.69, 9.17) is 17.3 Å². The molecule has 0 fully saturated rings. The lowest BCUT2D eigenvalue weighted by atomic mass is 10.2. The molecule has 0 bridgehead atoms. The fraction of sp³-hybridized carbons (Fsp3) is 0.0833. The minimum Gasteiger partial charge on any atom is -0.396 e. The SMILES string of the molecule is Cc1cnc(Nc2cc(F)ccc2Cl)c(N)c1. The smallest absolute Gasteiger partial charge is 0.153 e. The molecule has 0 amide bonds. The number of rotatable bonds is 2. The summed E-state index contributed by atoms with van der Waals surface area (Å²) in [4.78, 5) is 4.13. The van der Waals surface area contributed by atoms with E-state index < -0.39 is 0 Å². The molecule has 0 radical (unpaired) electrons. The van der Waals surface area contributed by atoms with Gasteiger partial charge in [0.25, 0.3) is 0 Å². The van der Waals surface area contributed by atoms with Crippen molar-refractivity contribution in [3.05, 3.63) is 46.9 Å². The highest BCUT2D eigenvalue weighted by atomic mass is 35.5. The second kappa shape index (κ2) is 4.59. The van der Waals surface area contributed by atoms with E-state index in [-0.39, 0.29) is 5.82 Å². The van der Waals surface area contributed by atoms with Crippen LogP contribution in [0.1, 0.15) is 5.56 Å². The van der Waals surface area contributed by atoms with Gasteiger partial charge in [0.2, 0.25) is 0 Å². The van der Waals surface area contributed by atoms with E-state index in [0.29, 0.717) is 22.2 Å². The lowest BCUT2D eigenvalue weighted by Crippen LogP contribution is -2.00. The fourth-order valence-corrected chi connectivity index (χ4v) is 1.58. The zero-order valence-corrected chi connectivity index (χ0v) is 9.92. The summed E-state index contributed by atoms with van der Waals surface area (Å²) in [5.41, 5.74) is 7.68. The second-order valence-electron chi connectivity index (χ2n) is 3.70. The lowest BCUT2D eigenvalue weighted by Gasteiger charge is -2.10. The first-order valence-corrected chi connectivity index (χ1v) is 5.38. The number of pyridine rings is 1. The van der Waals surface area contributed by atoms with Gasteiger partial charge in [-0.05, 0) is 36.8 Å². The maximum absolute atomic E-state index is 13.1. The molecule has 5 heteroatoms. The van der Waals surface area contributed by atoms with Crippen molar-refractivity contribution in [2.24, 2.45) is 0 Å². The van der Waals surface area contributed by atoms with Crippen molar-refractivity contribution in [1.82, 2.24) is 4.98 Å². The average Bonchev–Trinajstić information content (AvgIpc) is 2.27. The van der Waals surface area contributed by atoms with Crippen molar-refractivity contribution in [3.63, 3.8) is 0 Å². The van der Waals surface area contributed by atoms with Crippen LogP contribution in [0.5, 0.6) is 0 Å². The Balaban J connectivity index is 2.34. The van der Waals surface area contributed by atoms with Gasteiger partial charge in [0, 0.05) is 6.20 Å². The zero-order chi connectivity index (χ0) is 12.4. The molecule has 1 aromatic heterocycles. The number of nitrogens with zero attached hydrogens (tertiary/aromatic N) is 1. The minimum absolute atomic E-state index is 0.373. The predicted octanol–water partition coefficient (Wildman–Crippen LogP) is 3.51. The van der Waals surface area contributed by atoms with Crippen molar-refractivity contribution < 1.29 is 4.39 Å². The van der Waals surface area contributed by atoms with Gasteiger partial charge in [-0.3, -0.25) is 0 Å². The van der Waals surface area contributed by atoms with Crippen molar-refractivity contribution in [1.29, 1.82) is 0 Å². The first kappa shape index (κ1) is 11.7. The largest absolute Gasteiger partial charge is 0.396 e. The number of nitrogens with two attached hydrogens (primary N) is 1. The molecule has 0 aliphatic carbocycles. The molecular weight excluding hydrogens is 241 g/mol. The third-order valence-corrected chi connectivity index (χ3v) is 2.56. The predicted molar refractivity (Wildman–Crippen MR) is 68.1 cm³/mol. The van der Waals surface area contributed by atoms with E-state index in [1.807, 2.05) is 6.92 Å². The van der Waals surface area contributed by atoms with Gasteiger partial charge in [-0.25, -0.2) is 9.37 Å². The number of benzene rings is 1. The van der Waals surface area contributed by atoms with Crippen LogP contribution in [-0.2, 0) is 0 Å². The van der Waals surface area contributed by atoms with E-state index in [0.717, 1.165) is 5.56 Å². The van der Waals surface area contributed by atoms with Crippen molar-refractivity contribution in [2.45, 2.75) is 6.92 Å². The summed E-state index contributed by atoms with van der Waals surface area (Å²) in [6.45, 7) is 1.89. The van der Waals surface area contributed by atoms with Crippen molar-refractivity contribution in [2.75, 3.05) is 11.1 Å². The number of nitrogen functional groups attached to an aromatic ring is 1. The molecule has 88 valence electrons. The summed E-state index contributed by atoms with van der Waals surface area (Å²) >= 11 is 5.93. The Labute approximate surface area is 103 Å². The molecular formula is C12H11ClFN3. The Morgan fingerprint density at radius 1 is 1.35 bits per heavy atom. The highest BCUT2D eigenvalue weighted by Gasteiger charge is 2.06. The quantitative estimate of drug-likeness (QED) is 0.859. The van der Waals surface area contributed by atoms with Crippen molar-refractivity contribution in [3.8, 4) is 0 Å². The minimum atomic E-state index is -0.373. The van der Waals surface area contributed by atoms with Crippen LogP contribution < -0.4 is 11.1 Å². The molecule has 3 nitrogen and oxygen atoms in total. The number of hydrogen-bond donors (Lipinski definition) is 2. The van der Waals surface area contributed by atoms with Gasteiger partial charge in [-0.1, -0.05) is 11.6 Å². The molecule has 0 aliphatic heterocycles. The number of nitrogens with one attached hydrogen (secondary N) is 1. The third kappa shape index (κ3) is 2.65. The summed E-state index contributed by atoms with van der Waals surface area (Å²) < 4.78 is 13.1. The monoisotopic (exact) mass is 251 g/mol. The lowest BCUT2D eigenvalue weighted by molar-refractivity contribution is 0.628. The first-order chi connectivity index (χ1) is 8.06. The Kier molecular flexibility index (Phi) is 3.15. The highest BCUT2D eigenvalue weighted by molar-refractivity contribution is 6.33. The third-order valence-electron chi connectivity index (χ3n) is 2.24. The summed E-state index contributed by atoms with van der Waals surface area (Å²) in [6.07, 6.45) is 1.67. The molecule has 1 heterocycles.